The van der Waals surface area contributed by atoms with E-state index in [1.807, 2.05) is 0 Å². The van der Waals surface area contributed by atoms with Crippen molar-refractivity contribution < 1.29 is 8.78 Å². The molecule has 0 atom stereocenters. The highest BCUT2D eigenvalue weighted by Crippen LogP contribution is 2.31. The summed E-state index contributed by atoms with van der Waals surface area (Å²) in [4.78, 5) is 4.19. The number of benzene rings is 2. The largest absolute Gasteiger partial charge is 0.399 e. The molecule has 0 aliphatic carbocycles. The van der Waals surface area contributed by atoms with Crippen molar-refractivity contribution in [3.8, 4) is 0 Å². The predicted molar refractivity (Wildman–Crippen MR) is 101 cm³/mol. The summed E-state index contributed by atoms with van der Waals surface area (Å²) in [6, 6.07) is 6.67. The number of fused-ring (bicyclic) bond motifs is 1. The first-order valence-electron chi connectivity index (χ1n) is 7.69. The van der Waals surface area contributed by atoms with Gasteiger partial charge in [0.2, 0.25) is 0 Å². The fourth-order valence-electron chi connectivity index (χ4n) is 2.85. The van der Waals surface area contributed by atoms with Crippen LogP contribution >= 0.6 is 11.6 Å². The van der Waals surface area contributed by atoms with Crippen LogP contribution in [0.15, 0.2) is 36.7 Å². The number of hydrogen-bond acceptors (Lipinski definition) is 4. The number of nitrogens with two attached hydrogens (primary N) is 1. The lowest BCUT2D eigenvalue weighted by atomic mass is 10.0. The van der Waals surface area contributed by atoms with Gasteiger partial charge in [-0.3, -0.25) is 4.57 Å². The van der Waals surface area contributed by atoms with Crippen LogP contribution in [0.5, 0.6) is 0 Å². The topological polar surface area (TPSA) is 79.7 Å². The number of aromatic nitrogens is 2. The summed E-state index contributed by atoms with van der Waals surface area (Å²) < 4.78 is 29.4. The molecule has 1 heterocycles. The van der Waals surface area contributed by atoms with E-state index >= 15 is 0 Å². The summed E-state index contributed by atoms with van der Waals surface area (Å²) in [6.07, 6.45) is 1.43. The maximum Gasteiger partial charge on any atom is 0.151 e. The van der Waals surface area contributed by atoms with Gasteiger partial charge in [-0.1, -0.05) is 11.6 Å². The minimum atomic E-state index is -0.544. The lowest BCUT2D eigenvalue weighted by molar-refractivity contribution is 0.628. The van der Waals surface area contributed by atoms with Gasteiger partial charge in [-0.05, 0) is 37.3 Å². The number of allylic oxidation sites excluding steroid dienone is 1. The monoisotopic (exact) mass is 375 g/mol. The van der Waals surface area contributed by atoms with E-state index < -0.39 is 11.6 Å². The lowest BCUT2D eigenvalue weighted by Crippen LogP contribution is -2.17. The first kappa shape index (κ1) is 17.9. The molecule has 0 amide bonds. The molecule has 4 N–H and O–H groups in total. The van der Waals surface area contributed by atoms with Gasteiger partial charge in [0, 0.05) is 29.6 Å². The molecule has 0 aliphatic heterocycles. The number of anilines is 1. The third-order valence-corrected chi connectivity index (χ3v) is 4.22. The first-order valence-corrected chi connectivity index (χ1v) is 8.06. The van der Waals surface area contributed by atoms with Crippen molar-refractivity contribution in [3.05, 3.63) is 58.9 Å². The van der Waals surface area contributed by atoms with Crippen LogP contribution in [-0.4, -0.2) is 22.3 Å². The highest BCUT2D eigenvalue weighted by molar-refractivity contribution is 6.36. The predicted octanol–water partition coefficient (Wildman–Crippen LogP) is 4.13. The maximum atomic E-state index is 14.5. The van der Waals surface area contributed by atoms with Gasteiger partial charge >= 0.3 is 0 Å². The van der Waals surface area contributed by atoms with Crippen LogP contribution in [0.2, 0.25) is 5.02 Å². The van der Waals surface area contributed by atoms with Crippen molar-refractivity contribution in [2.45, 2.75) is 6.92 Å². The van der Waals surface area contributed by atoms with Crippen LogP contribution < -0.4 is 11.1 Å². The molecule has 0 bridgehead atoms. The number of halogens is 3. The molecule has 0 spiro atoms. The number of hydrogen-bond donors (Lipinski definition) is 3. The van der Waals surface area contributed by atoms with E-state index in [9.17, 15) is 8.78 Å². The van der Waals surface area contributed by atoms with Crippen molar-refractivity contribution in [1.82, 2.24) is 14.9 Å². The zero-order valence-corrected chi connectivity index (χ0v) is 14.8. The molecule has 1 aromatic heterocycles. The Morgan fingerprint density at radius 1 is 1.27 bits per heavy atom. The summed E-state index contributed by atoms with van der Waals surface area (Å²) in [7, 11) is 1.64. The Hall–Kier alpha value is -2.93. The molecule has 5 nitrogen and oxygen atoms in total. The van der Waals surface area contributed by atoms with E-state index in [2.05, 4.69) is 10.3 Å². The van der Waals surface area contributed by atoms with E-state index in [-0.39, 0.29) is 21.9 Å². The van der Waals surface area contributed by atoms with E-state index in [0.29, 0.717) is 22.5 Å². The second kappa shape index (κ2) is 6.76. The third kappa shape index (κ3) is 3.01. The molecule has 3 aromatic rings. The van der Waals surface area contributed by atoms with Gasteiger partial charge in [-0.2, -0.15) is 0 Å². The van der Waals surface area contributed by atoms with Crippen molar-refractivity contribution in [2.75, 3.05) is 12.8 Å². The number of imidazole rings is 1. The molecule has 3 rings (SSSR count). The minimum Gasteiger partial charge on any atom is -0.399 e. The summed E-state index contributed by atoms with van der Waals surface area (Å²) in [5.41, 5.74) is 7.53. The minimum absolute atomic E-state index is 0.147. The highest BCUT2D eigenvalue weighted by Gasteiger charge is 2.19. The van der Waals surface area contributed by atoms with Crippen LogP contribution in [0.3, 0.4) is 0 Å². The number of nitrogens with one attached hydrogen (secondary N) is 2. The summed E-state index contributed by atoms with van der Waals surface area (Å²) >= 11 is 6.19. The van der Waals surface area contributed by atoms with Crippen molar-refractivity contribution in [2.24, 2.45) is 0 Å². The smallest absolute Gasteiger partial charge is 0.151 e. The quantitative estimate of drug-likeness (QED) is 0.473. The average molecular weight is 376 g/mol. The SMILES string of the molecule is CN/C(=C(\C(C)=N)c1ccc(F)cc1Cl)n1cnc2cc(N)cc(F)c21. The maximum absolute atomic E-state index is 14.5. The van der Waals surface area contributed by atoms with Crippen molar-refractivity contribution in [3.63, 3.8) is 0 Å². The number of nitrogen functional groups attached to an aromatic ring is 1. The third-order valence-electron chi connectivity index (χ3n) is 3.91. The van der Waals surface area contributed by atoms with Gasteiger partial charge in [-0.15, -0.1) is 0 Å². The fraction of sp³-hybridized carbons (Fsp3) is 0.111. The second-order valence-electron chi connectivity index (χ2n) is 5.71. The molecule has 0 aliphatic rings. The van der Waals surface area contributed by atoms with Crippen LogP contribution in [0.4, 0.5) is 14.5 Å². The Morgan fingerprint density at radius 2 is 2.00 bits per heavy atom. The van der Waals surface area contributed by atoms with Crippen molar-refractivity contribution in [1.29, 1.82) is 5.41 Å². The summed E-state index contributed by atoms with van der Waals surface area (Å²) in [5, 5.41) is 11.3. The Balaban J connectivity index is 2.36. The highest BCUT2D eigenvalue weighted by atomic mass is 35.5. The molecule has 0 unspecified atom stereocenters. The molecule has 0 saturated heterocycles. The Kier molecular flexibility index (Phi) is 4.65. The zero-order valence-electron chi connectivity index (χ0n) is 14.1. The van der Waals surface area contributed by atoms with Gasteiger partial charge in [0.25, 0.3) is 0 Å². The molecular formula is C18H16ClF2N5. The van der Waals surface area contributed by atoms with Crippen LogP contribution in [0.1, 0.15) is 12.5 Å². The molecule has 0 radical (unpaired) electrons. The molecule has 134 valence electrons. The Labute approximate surface area is 153 Å². The van der Waals surface area contributed by atoms with E-state index in [4.69, 9.17) is 22.7 Å². The lowest BCUT2D eigenvalue weighted by Gasteiger charge is -2.17. The van der Waals surface area contributed by atoms with Crippen LogP contribution in [0.25, 0.3) is 22.4 Å². The zero-order chi connectivity index (χ0) is 19.0. The average Bonchev–Trinajstić information content (AvgIpc) is 2.97. The van der Waals surface area contributed by atoms with Gasteiger partial charge < -0.3 is 16.5 Å². The molecule has 0 fully saturated rings. The normalized spacial score (nSPS) is 12.2. The van der Waals surface area contributed by atoms with E-state index in [1.54, 1.807) is 20.0 Å². The second-order valence-corrected chi connectivity index (χ2v) is 6.12. The van der Waals surface area contributed by atoms with E-state index in [1.165, 1.54) is 35.2 Å². The first-order chi connectivity index (χ1) is 12.3. The van der Waals surface area contributed by atoms with Gasteiger partial charge in [-0.25, -0.2) is 13.8 Å². The Bertz CT molecular complexity index is 1060. The standard InChI is InChI=1S/C18H16ClF2N5/c1-9(22)16(12-4-3-10(20)5-13(12)19)18(24-2)26-8-25-15-7-11(23)6-14(21)17(15)26/h3-8,22,24H,23H2,1-2H3/b18-16-,22-9?. The molecule has 2 aromatic carbocycles. The fourth-order valence-corrected chi connectivity index (χ4v) is 3.12. The van der Waals surface area contributed by atoms with Gasteiger partial charge in [0.15, 0.2) is 5.82 Å². The summed E-state index contributed by atoms with van der Waals surface area (Å²) in [6.45, 7) is 1.57. The molecule has 0 saturated carbocycles. The number of nitrogens with zero attached hydrogens (tertiary/aromatic N) is 2. The molecular weight excluding hydrogens is 360 g/mol. The number of rotatable bonds is 4. The molecule has 26 heavy (non-hydrogen) atoms. The van der Waals surface area contributed by atoms with Gasteiger partial charge in [0.05, 0.1) is 10.5 Å². The summed E-state index contributed by atoms with van der Waals surface area (Å²) in [5.74, 6) is -0.643. The Morgan fingerprint density at radius 3 is 2.62 bits per heavy atom. The van der Waals surface area contributed by atoms with Crippen LogP contribution in [0, 0.1) is 17.0 Å². The van der Waals surface area contributed by atoms with E-state index in [0.717, 1.165) is 0 Å². The van der Waals surface area contributed by atoms with Gasteiger partial charge in [0.1, 0.15) is 23.5 Å². The van der Waals surface area contributed by atoms with Crippen molar-refractivity contribution >= 4 is 45.4 Å². The molecule has 8 heteroatoms. The van der Waals surface area contributed by atoms with Crippen LogP contribution in [-0.2, 0) is 0 Å².